The Morgan fingerprint density at radius 2 is 2.38 bits per heavy atom. The number of ether oxygens (including phenoxy) is 1. The van der Waals surface area contributed by atoms with Crippen LogP contribution < -0.4 is 15.8 Å². The van der Waals surface area contributed by atoms with Crippen molar-refractivity contribution < 1.29 is 13.9 Å². The summed E-state index contributed by atoms with van der Waals surface area (Å²) in [7, 11) is 0. The lowest BCUT2D eigenvalue weighted by Gasteiger charge is -2.08. The van der Waals surface area contributed by atoms with Gasteiger partial charge in [-0.25, -0.2) is 9.37 Å². The molecule has 0 unspecified atom stereocenters. The first kappa shape index (κ1) is 14.4. The minimum absolute atomic E-state index is 0. The molecule has 0 fully saturated rings. The molecule has 0 aliphatic carbocycles. The molecule has 1 amide bonds. The zero-order valence-corrected chi connectivity index (χ0v) is 9.51. The Labute approximate surface area is 98.6 Å². The second-order valence-electron chi connectivity index (χ2n) is 2.83. The van der Waals surface area contributed by atoms with Gasteiger partial charge >= 0.3 is 0 Å². The minimum Gasteiger partial charge on any atom is -0.487 e. The number of hydrogen-bond acceptors (Lipinski definition) is 4. The van der Waals surface area contributed by atoms with E-state index in [1.807, 2.05) is 0 Å². The maximum atomic E-state index is 11.8. The predicted octanol–water partition coefficient (Wildman–Crippen LogP) is 1.39. The van der Waals surface area contributed by atoms with E-state index in [1.54, 1.807) is 0 Å². The summed E-state index contributed by atoms with van der Waals surface area (Å²) < 4.78 is 16.8. The number of nitrogens with one attached hydrogen (secondary N) is 1. The van der Waals surface area contributed by atoms with Crippen LogP contribution in [-0.2, 0) is 4.79 Å². The summed E-state index contributed by atoms with van der Waals surface area (Å²) in [4.78, 5) is 14.6. The maximum absolute atomic E-state index is 11.8. The molecule has 1 rings (SSSR count). The van der Waals surface area contributed by atoms with Gasteiger partial charge in [0, 0.05) is 13.0 Å². The lowest BCUT2D eigenvalue weighted by atomic mass is 10.3. The molecule has 0 aliphatic rings. The lowest BCUT2D eigenvalue weighted by molar-refractivity contribution is -0.114. The van der Waals surface area contributed by atoms with Crippen molar-refractivity contribution in [2.75, 3.05) is 24.3 Å². The summed E-state index contributed by atoms with van der Waals surface area (Å²) >= 11 is 0. The molecule has 0 aliphatic heterocycles. The van der Waals surface area contributed by atoms with E-state index in [2.05, 4.69) is 10.3 Å². The van der Waals surface area contributed by atoms with Gasteiger partial charge in [-0.15, -0.1) is 12.4 Å². The summed E-state index contributed by atoms with van der Waals surface area (Å²) in [5.74, 6) is 0.411. The summed E-state index contributed by atoms with van der Waals surface area (Å²) in [5, 5.41) is 2.47. The standard InChI is InChI=1S/C9H12FN3O2.ClH/c1-6(14)13-9-4-7(11)8(5-12-9)15-3-2-10;/h4-5H,2-3H2,1H3,(H3,11,12,13,14);1H. The Balaban J connectivity index is 0.00000225. The predicted molar refractivity (Wildman–Crippen MR) is 61.7 cm³/mol. The van der Waals surface area contributed by atoms with Crippen LogP contribution in [0.3, 0.4) is 0 Å². The van der Waals surface area contributed by atoms with Crippen molar-refractivity contribution in [3.8, 4) is 5.75 Å². The smallest absolute Gasteiger partial charge is 0.222 e. The first-order chi connectivity index (χ1) is 7.13. The van der Waals surface area contributed by atoms with E-state index in [0.29, 0.717) is 17.3 Å². The van der Waals surface area contributed by atoms with Crippen LogP contribution in [0.5, 0.6) is 5.75 Å². The Kier molecular flexibility index (Phi) is 6.17. The Morgan fingerprint density at radius 3 is 2.88 bits per heavy atom. The Hall–Kier alpha value is -1.56. The molecule has 1 aromatic rings. The van der Waals surface area contributed by atoms with Crippen LogP contribution in [-0.4, -0.2) is 24.2 Å². The van der Waals surface area contributed by atoms with Gasteiger partial charge in [0.25, 0.3) is 0 Å². The van der Waals surface area contributed by atoms with Gasteiger partial charge in [-0.2, -0.15) is 0 Å². The number of aromatic nitrogens is 1. The van der Waals surface area contributed by atoms with Gasteiger partial charge in [-0.1, -0.05) is 0 Å². The number of anilines is 2. The average molecular weight is 250 g/mol. The van der Waals surface area contributed by atoms with E-state index in [4.69, 9.17) is 10.5 Å². The molecule has 0 radical (unpaired) electrons. The van der Waals surface area contributed by atoms with Crippen LogP contribution in [0, 0.1) is 0 Å². The molecule has 0 atom stereocenters. The summed E-state index contributed by atoms with van der Waals surface area (Å²) in [6, 6.07) is 1.45. The number of nitrogens with zero attached hydrogens (tertiary/aromatic N) is 1. The molecule has 0 aromatic carbocycles. The summed E-state index contributed by atoms with van der Waals surface area (Å²) in [5.41, 5.74) is 5.91. The third-order valence-corrected chi connectivity index (χ3v) is 1.54. The quantitative estimate of drug-likeness (QED) is 0.845. The van der Waals surface area contributed by atoms with Gasteiger partial charge < -0.3 is 15.8 Å². The minimum atomic E-state index is -0.590. The largest absolute Gasteiger partial charge is 0.487 e. The van der Waals surface area contributed by atoms with Crippen LogP contribution in [0.25, 0.3) is 0 Å². The van der Waals surface area contributed by atoms with E-state index < -0.39 is 6.67 Å². The number of nitrogens with two attached hydrogens (primary N) is 1. The molecule has 16 heavy (non-hydrogen) atoms. The SMILES string of the molecule is CC(=O)Nc1cc(N)c(OCCF)cn1.Cl. The molecule has 1 heterocycles. The van der Waals surface area contributed by atoms with Crippen molar-refractivity contribution in [1.82, 2.24) is 4.98 Å². The number of amides is 1. The van der Waals surface area contributed by atoms with Crippen LogP contribution in [0.2, 0.25) is 0 Å². The van der Waals surface area contributed by atoms with Gasteiger partial charge in [-0.05, 0) is 0 Å². The van der Waals surface area contributed by atoms with E-state index in [9.17, 15) is 9.18 Å². The highest BCUT2D eigenvalue weighted by molar-refractivity contribution is 5.88. The number of nitrogen functional groups attached to an aromatic ring is 1. The number of alkyl halides is 1. The molecule has 5 nitrogen and oxygen atoms in total. The van der Waals surface area contributed by atoms with Crippen LogP contribution in [0.4, 0.5) is 15.9 Å². The third-order valence-electron chi connectivity index (χ3n) is 1.54. The van der Waals surface area contributed by atoms with Gasteiger partial charge in [0.2, 0.25) is 5.91 Å². The van der Waals surface area contributed by atoms with Gasteiger partial charge in [0.1, 0.15) is 19.1 Å². The Morgan fingerprint density at radius 1 is 1.69 bits per heavy atom. The van der Waals surface area contributed by atoms with Crippen molar-refractivity contribution in [2.24, 2.45) is 0 Å². The van der Waals surface area contributed by atoms with E-state index in [-0.39, 0.29) is 24.9 Å². The number of carbonyl (C=O) groups is 1. The molecule has 90 valence electrons. The van der Waals surface area contributed by atoms with Crippen LogP contribution in [0.1, 0.15) is 6.92 Å². The van der Waals surface area contributed by atoms with Gasteiger partial charge in [0.15, 0.2) is 5.75 Å². The highest BCUT2D eigenvalue weighted by Gasteiger charge is 2.04. The molecule has 0 saturated heterocycles. The van der Waals surface area contributed by atoms with Crippen molar-refractivity contribution in [3.63, 3.8) is 0 Å². The number of carbonyl (C=O) groups excluding carboxylic acids is 1. The Bertz CT molecular complexity index is 363. The fourth-order valence-electron chi connectivity index (χ4n) is 0.976. The first-order valence-electron chi connectivity index (χ1n) is 4.35. The van der Waals surface area contributed by atoms with Crippen molar-refractivity contribution in [1.29, 1.82) is 0 Å². The highest BCUT2D eigenvalue weighted by atomic mass is 35.5. The molecule has 1 aromatic heterocycles. The van der Waals surface area contributed by atoms with Crippen molar-refractivity contribution in [2.45, 2.75) is 6.92 Å². The summed E-state index contributed by atoms with van der Waals surface area (Å²) in [6.07, 6.45) is 1.34. The fourth-order valence-corrected chi connectivity index (χ4v) is 0.976. The van der Waals surface area contributed by atoms with Crippen LogP contribution >= 0.6 is 12.4 Å². The van der Waals surface area contributed by atoms with E-state index in [1.165, 1.54) is 19.2 Å². The fraction of sp³-hybridized carbons (Fsp3) is 0.333. The number of rotatable bonds is 4. The molecule has 0 bridgehead atoms. The van der Waals surface area contributed by atoms with Gasteiger partial charge in [0.05, 0.1) is 11.9 Å². The van der Waals surface area contributed by atoms with Crippen LogP contribution in [0.15, 0.2) is 12.3 Å². The van der Waals surface area contributed by atoms with E-state index >= 15 is 0 Å². The topological polar surface area (TPSA) is 77.2 Å². The van der Waals surface area contributed by atoms with Gasteiger partial charge in [-0.3, -0.25) is 4.79 Å². The second kappa shape index (κ2) is 6.84. The van der Waals surface area contributed by atoms with E-state index in [0.717, 1.165) is 0 Å². The zero-order valence-electron chi connectivity index (χ0n) is 8.70. The molecule has 7 heteroatoms. The normalized spacial score (nSPS) is 9.12. The number of halogens is 2. The highest BCUT2D eigenvalue weighted by Crippen LogP contribution is 2.22. The lowest BCUT2D eigenvalue weighted by Crippen LogP contribution is -2.09. The first-order valence-corrected chi connectivity index (χ1v) is 4.35. The number of pyridine rings is 1. The monoisotopic (exact) mass is 249 g/mol. The maximum Gasteiger partial charge on any atom is 0.222 e. The van der Waals surface area contributed by atoms with Crippen molar-refractivity contribution in [3.05, 3.63) is 12.3 Å². The summed E-state index contributed by atoms with van der Waals surface area (Å²) in [6.45, 7) is 0.712. The zero-order chi connectivity index (χ0) is 11.3. The molecule has 0 saturated carbocycles. The molecular formula is C9H13ClFN3O2. The molecule has 3 N–H and O–H groups in total. The molecule has 0 spiro atoms. The molecular weight excluding hydrogens is 237 g/mol. The third kappa shape index (κ3) is 4.31. The average Bonchev–Trinajstić information content (AvgIpc) is 2.15. The second-order valence-corrected chi connectivity index (χ2v) is 2.83. The van der Waals surface area contributed by atoms with Crippen molar-refractivity contribution >= 4 is 29.8 Å². The number of hydrogen-bond donors (Lipinski definition) is 2.